The zero-order valence-electron chi connectivity index (χ0n) is 12.2. The largest absolute Gasteiger partial charge is 0.492 e. The van der Waals surface area contributed by atoms with Gasteiger partial charge in [-0.3, -0.25) is 4.79 Å². The van der Waals surface area contributed by atoms with E-state index in [1.165, 1.54) is 0 Å². The molecule has 0 aliphatic carbocycles. The van der Waals surface area contributed by atoms with Crippen LogP contribution in [0.3, 0.4) is 0 Å². The highest BCUT2D eigenvalue weighted by atomic mass is 35.5. The van der Waals surface area contributed by atoms with Crippen LogP contribution in [0, 0.1) is 0 Å². The molecular weight excluding hydrogens is 276 g/mol. The molecule has 1 aromatic carbocycles. The predicted octanol–water partition coefficient (Wildman–Crippen LogP) is 2.74. The summed E-state index contributed by atoms with van der Waals surface area (Å²) in [6.45, 7) is 4.31. The van der Waals surface area contributed by atoms with Gasteiger partial charge in [0.1, 0.15) is 5.75 Å². The van der Waals surface area contributed by atoms with Gasteiger partial charge in [-0.05, 0) is 25.5 Å². The molecule has 0 fully saturated rings. The Morgan fingerprint density at radius 3 is 2.90 bits per heavy atom. The molecule has 1 rings (SSSR count). The van der Waals surface area contributed by atoms with Gasteiger partial charge in [-0.25, -0.2) is 0 Å². The van der Waals surface area contributed by atoms with E-state index in [1.807, 2.05) is 18.2 Å². The van der Waals surface area contributed by atoms with Crippen LogP contribution in [0.15, 0.2) is 18.2 Å². The second-order valence-corrected chi connectivity index (χ2v) is 4.94. The fourth-order valence-corrected chi connectivity index (χ4v) is 2.03. The van der Waals surface area contributed by atoms with Crippen LogP contribution in [0.1, 0.15) is 31.7 Å². The minimum Gasteiger partial charge on any atom is -0.492 e. The van der Waals surface area contributed by atoms with Crippen molar-refractivity contribution < 1.29 is 9.53 Å². The van der Waals surface area contributed by atoms with Gasteiger partial charge in [0.2, 0.25) is 5.91 Å². The minimum atomic E-state index is 0.0256. The van der Waals surface area contributed by atoms with E-state index < -0.39 is 0 Å². The molecule has 0 bridgehead atoms. The van der Waals surface area contributed by atoms with Crippen molar-refractivity contribution in [2.24, 2.45) is 0 Å². The van der Waals surface area contributed by atoms with Gasteiger partial charge in [-0.2, -0.15) is 0 Å². The van der Waals surface area contributed by atoms with Crippen molar-refractivity contribution in [1.82, 2.24) is 10.6 Å². The molecule has 4 nitrogen and oxygen atoms in total. The van der Waals surface area contributed by atoms with E-state index in [0.717, 1.165) is 30.8 Å². The lowest BCUT2D eigenvalue weighted by Gasteiger charge is -2.13. The Kier molecular flexibility index (Phi) is 8.07. The van der Waals surface area contributed by atoms with Crippen molar-refractivity contribution in [3.63, 3.8) is 0 Å². The number of rotatable bonds is 9. The van der Waals surface area contributed by atoms with Crippen LogP contribution in [-0.4, -0.2) is 26.1 Å². The molecule has 0 spiro atoms. The molecule has 112 valence electrons. The second kappa shape index (κ2) is 9.61. The number of para-hydroxylation sites is 1. The highest BCUT2D eigenvalue weighted by Crippen LogP contribution is 2.28. The fourth-order valence-electron chi connectivity index (χ4n) is 1.79. The first-order valence-electron chi connectivity index (χ1n) is 7.00. The van der Waals surface area contributed by atoms with Crippen molar-refractivity contribution in [2.75, 3.05) is 20.2 Å². The lowest BCUT2D eigenvalue weighted by molar-refractivity contribution is -0.120. The average molecular weight is 299 g/mol. The number of hydrogen-bond donors (Lipinski definition) is 2. The van der Waals surface area contributed by atoms with Gasteiger partial charge < -0.3 is 15.4 Å². The highest BCUT2D eigenvalue weighted by Gasteiger charge is 2.08. The van der Waals surface area contributed by atoms with Crippen LogP contribution >= 0.6 is 11.6 Å². The van der Waals surface area contributed by atoms with E-state index in [0.29, 0.717) is 24.5 Å². The van der Waals surface area contributed by atoms with Crippen molar-refractivity contribution in [2.45, 2.75) is 32.7 Å². The number of hydrogen-bond acceptors (Lipinski definition) is 3. The van der Waals surface area contributed by atoms with Gasteiger partial charge in [0.25, 0.3) is 0 Å². The summed E-state index contributed by atoms with van der Waals surface area (Å²) in [5.41, 5.74) is 1.05. The molecule has 0 radical (unpaired) electrons. The molecule has 0 aromatic heterocycles. The Morgan fingerprint density at radius 1 is 1.40 bits per heavy atom. The average Bonchev–Trinajstić information content (AvgIpc) is 2.45. The minimum absolute atomic E-state index is 0.0256. The van der Waals surface area contributed by atoms with E-state index in [-0.39, 0.29) is 5.91 Å². The molecular formula is C15H23ClN2O2. The Bertz CT molecular complexity index is 424. The molecule has 0 atom stereocenters. The monoisotopic (exact) mass is 298 g/mol. The summed E-state index contributed by atoms with van der Waals surface area (Å²) in [6.07, 6.45) is 2.22. The Labute approximate surface area is 125 Å². The van der Waals surface area contributed by atoms with Gasteiger partial charge in [0.05, 0.1) is 11.6 Å². The quantitative estimate of drug-likeness (QED) is 0.689. The van der Waals surface area contributed by atoms with Gasteiger partial charge >= 0.3 is 0 Å². The Balaban J connectivity index is 2.51. The SMILES string of the molecule is CCCNCc1cccc(Cl)c1OCCCC(=O)NC. The number of amides is 1. The summed E-state index contributed by atoms with van der Waals surface area (Å²) in [7, 11) is 1.63. The molecule has 0 aliphatic rings. The summed E-state index contributed by atoms with van der Waals surface area (Å²) in [6, 6.07) is 5.74. The Hall–Kier alpha value is -1.26. The molecule has 0 saturated carbocycles. The van der Waals surface area contributed by atoms with E-state index in [4.69, 9.17) is 16.3 Å². The summed E-state index contributed by atoms with van der Waals surface area (Å²) in [5, 5.41) is 6.54. The van der Waals surface area contributed by atoms with Crippen LogP contribution in [0.5, 0.6) is 5.75 Å². The van der Waals surface area contributed by atoms with Gasteiger partial charge in [0.15, 0.2) is 0 Å². The van der Waals surface area contributed by atoms with Crippen LogP contribution in [-0.2, 0) is 11.3 Å². The molecule has 5 heteroatoms. The van der Waals surface area contributed by atoms with Crippen LogP contribution in [0.2, 0.25) is 5.02 Å². The predicted molar refractivity (Wildman–Crippen MR) is 82.2 cm³/mol. The summed E-state index contributed by atoms with van der Waals surface area (Å²) < 4.78 is 5.74. The molecule has 1 amide bonds. The van der Waals surface area contributed by atoms with Crippen molar-refractivity contribution >= 4 is 17.5 Å². The molecule has 0 unspecified atom stereocenters. The first kappa shape index (κ1) is 16.8. The van der Waals surface area contributed by atoms with E-state index >= 15 is 0 Å². The maximum atomic E-state index is 11.1. The lowest BCUT2D eigenvalue weighted by Crippen LogP contribution is -2.18. The zero-order valence-corrected chi connectivity index (χ0v) is 12.9. The van der Waals surface area contributed by atoms with E-state index in [1.54, 1.807) is 7.05 Å². The van der Waals surface area contributed by atoms with Crippen LogP contribution < -0.4 is 15.4 Å². The first-order valence-corrected chi connectivity index (χ1v) is 7.38. The zero-order chi connectivity index (χ0) is 14.8. The molecule has 0 aliphatic heterocycles. The van der Waals surface area contributed by atoms with Gasteiger partial charge in [-0.1, -0.05) is 30.7 Å². The van der Waals surface area contributed by atoms with Gasteiger partial charge in [0, 0.05) is 25.6 Å². The third kappa shape index (κ3) is 5.80. The smallest absolute Gasteiger partial charge is 0.219 e. The Morgan fingerprint density at radius 2 is 2.20 bits per heavy atom. The lowest BCUT2D eigenvalue weighted by atomic mass is 10.2. The molecule has 0 heterocycles. The highest BCUT2D eigenvalue weighted by molar-refractivity contribution is 6.32. The third-order valence-corrected chi connectivity index (χ3v) is 3.16. The summed E-state index contributed by atoms with van der Waals surface area (Å²) >= 11 is 6.18. The fraction of sp³-hybridized carbons (Fsp3) is 0.533. The second-order valence-electron chi connectivity index (χ2n) is 4.53. The topological polar surface area (TPSA) is 50.4 Å². The van der Waals surface area contributed by atoms with E-state index in [9.17, 15) is 4.79 Å². The van der Waals surface area contributed by atoms with Crippen molar-refractivity contribution in [3.8, 4) is 5.75 Å². The first-order chi connectivity index (χ1) is 9.69. The standard InChI is InChI=1S/C15H23ClN2O2/c1-3-9-18-11-12-6-4-7-13(16)15(12)20-10-5-8-14(19)17-2/h4,6-7,18H,3,5,8-11H2,1-2H3,(H,17,19). The molecule has 2 N–H and O–H groups in total. The number of halogens is 1. The maximum absolute atomic E-state index is 11.1. The maximum Gasteiger partial charge on any atom is 0.219 e. The molecule has 0 saturated heterocycles. The summed E-state index contributed by atoms with van der Waals surface area (Å²) in [5.74, 6) is 0.743. The van der Waals surface area contributed by atoms with E-state index in [2.05, 4.69) is 17.6 Å². The van der Waals surface area contributed by atoms with Crippen molar-refractivity contribution in [3.05, 3.63) is 28.8 Å². The number of ether oxygens (including phenoxy) is 1. The van der Waals surface area contributed by atoms with Crippen LogP contribution in [0.25, 0.3) is 0 Å². The van der Waals surface area contributed by atoms with Gasteiger partial charge in [-0.15, -0.1) is 0 Å². The molecule has 1 aromatic rings. The third-order valence-electron chi connectivity index (χ3n) is 2.86. The molecule has 20 heavy (non-hydrogen) atoms. The number of benzene rings is 1. The number of carbonyl (C=O) groups is 1. The summed E-state index contributed by atoms with van der Waals surface area (Å²) in [4.78, 5) is 11.1. The number of carbonyl (C=O) groups excluding carboxylic acids is 1. The number of nitrogens with one attached hydrogen (secondary N) is 2. The normalized spacial score (nSPS) is 10.3. The van der Waals surface area contributed by atoms with Crippen LogP contribution in [0.4, 0.5) is 0 Å². The van der Waals surface area contributed by atoms with Crippen molar-refractivity contribution in [1.29, 1.82) is 0 Å².